The molecule has 1 aliphatic heterocycles. The molecule has 0 aliphatic carbocycles. The lowest BCUT2D eigenvalue weighted by molar-refractivity contribution is 0.577. The van der Waals surface area contributed by atoms with E-state index in [1.807, 2.05) is 6.08 Å². The number of hydrogen-bond acceptors (Lipinski definition) is 2. The number of anilines is 1. The number of benzene rings is 1. The Hall–Kier alpha value is -1.28. The topological polar surface area (TPSA) is 29.3 Å². The van der Waals surface area contributed by atoms with Gasteiger partial charge in [0.15, 0.2) is 0 Å². The van der Waals surface area contributed by atoms with Gasteiger partial charge < -0.3 is 10.6 Å². The lowest BCUT2D eigenvalue weighted by Crippen LogP contribution is -2.29. The maximum absolute atomic E-state index is 5.54. The van der Waals surface area contributed by atoms with E-state index in [4.69, 9.17) is 5.73 Å². The smallest absolute Gasteiger partial charge is 0.0439 e. The molecule has 1 fully saturated rings. The third-order valence-electron chi connectivity index (χ3n) is 3.31. The molecule has 0 atom stereocenters. The molecule has 0 spiro atoms. The summed E-state index contributed by atoms with van der Waals surface area (Å²) < 4.78 is 0. The number of piperidine rings is 1. The minimum absolute atomic E-state index is 0.605. The first-order valence-corrected chi connectivity index (χ1v) is 6.53. The minimum Gasteiger partial charge on any atom is -0.371 e. The number of nitrogens with two attached hydrogens (primary N) is 1. The van der Waals surface area contributed by atoms with Crippen molar-refractivity contribution in [3.05, 3.63) is 35.4 Å². The zero-order valence-electron chi connectivity index (χ0n) is 10.7. The molecule has 2 rings (SSSR count). The van der Waals surface area contributed by atoms with Crippen molar-refractivity contribution in [1.82, 2.24) is 0 Å². The first kappa shape index (κ1) is 12.2. The van der Waals surface area contributed by atoms with Crippen LogP contribution in [0.2, 0.25) is 0 Å². The second-order valence-corrected chi connectivity index (χ2v) is 4.75. The second kappa shape index (κ2) is 5.87. The van der Waals surface area contributed by atoms with E-state index in [-0.39, 0.29) is 0 Å². The average Bonchev–Trinajstić information content (AvgIpc) is 2.37. The first-order valence-electron chi connectivity index (χ1n) is 6.53. The summed E-state index contributed by atoms with van der Waals surface area (Å²) in [4.78, 5) is 2.50. The van der Waals surface area contributed by atoms with Crippen LogP contribution in [0, 0.1) is 6.92 Å². The highest BCUT2D eigenvalue weighted by Gasteiger charge is 2.13. The molecule has 0 bridgehead atoms. The van der Waals surface area contributed by atoms with Gasteiger partial charge in [0.2, 0.25) is 0 Å². The van der Waals surface area contributed by atoms with Crippen LogP contribution in [0.1, 0.15) is 30.4 Å². The third kappa shape index (κ3) is 3.10. The first-order chi connectivity index (χ1) is 8.31. The van der Waals surface area contributed by atoms with Crippen molar-refractivity contribution in [3.8, 4) is 0 Å². The molecule has 0 aromatic heterocycles. The summed E-state index contributed by atoms with van der Waals surface area (Å²) in [5.41, 5.74) is 9.51. The maximum Gasteiger partial charge on any atom is 0.0439 e. The molecule has 0 unspecified atom stereocenters. The Balaban J connectivity index is 2.27. The van der Waals surface area contributed by atoms with Crippen molar-refractivity contribution in [2.45, 2.75) is 26.2 Å². The summed E-state index contributed by atoms with van der Waals surface area (Å²) in [7, 11) is 0. The van der Waals surface area contributed by atoms with Crippen molar-refractivity contribution in [2.24, 2.45) is 5.73 Å². The van der Waals surface area contributed by atoms with E-state index in [1.165, 1.54) is 49.2 Å². The zero-order valence-corrected chi connectivity index (χ0v) is 10.7. The fraction of sp³-hybridized carbons (Fsp3) is 0.467. The van der Waals surface area contributed by atoms with Crippen LogP contribution in [0.25, 0.3) is 6.08 Å². The Kier molecular flexibility index (Phi) is 4.21. The lowest BCUT2D eigenvalue weighted by atomic mass is 10.0. The van der Waals surface area contributed by atoms with Gasteiger partial charge in [-0.3, -0.25) is 0 Å². The van der Waals surface area contributed by atoms with Crippen LogP contribution in [-0.2, 0) is 0 Å². The van der Waals surface area contributed by atoms with Crippen LogP contribution in [0.4, 0.5) is 5.69 Å². The fourth-order valence-corrected chi connectivity index (χ4v) is 2.43. The van der Waals surface area contributed by atoms with Crippen LogP contribution in [0.15, 0.2) is 24.3 Å². The molecule has 0 radical (unpaired) electrons. The van der Waals surface area contributed by atoms with Gasteiger partial charge in [-0.05, 0) is 43.9 Å². The molecule has 1 heterocycles. The van der Waals surface area contributed by atoms with Gasteiger partial charge in [-0.15, -0.1) is 0 Å². The largest absolute Gasteiger partial charge is 0.371 e. The fourth-order valence-electron chi connectivity index (χ4n) is 2.43. The van der Waals surface area contributed by atoms with Crippen molar-refractivity contribution in [1.29, 1.82) is 0 Å². The standard InChI is InChI=1S/C15H22N2/c1-13-7-8-15(14(12-13)6-5-9-16)17-10-3-2-4-11-17/h5-8,12H,2-4,9-11,16H2,1H3/b6-5+. The monoisotopic (exact) mass is 230 g/mol. The van der Waals surface area contributed by atoms with Crippen LogP contribution in [0.5, 0.6) is 0 Å². The van der Waals surface area contributed by atoms with Crippen molar-refractivity contribution in [2.75, 3.05) is 24.5 Å². The van der Waals surface area contributed by atoms with E-state index >= 15 is 0 Å². The number of hydrogen-bond donors (Lipinski definition) is 1. The van der Waals surface area contributed by atoms with Gasteiger partial charge in [0.1, 0.15) is 0 Å². The van der Waals surface area contributed by atoms with E-state index in [2.05, 4.69) is 36.1 Å². The molecule has 0 amide bonds. The maximum atomic E-state index is 5.54. The third-order valence-corrected chi connectivity index (χ3v) is 3.31. The van der Waals surface area contributed by atoms with Crippen LogP contribution in [0.3, 0.4) is 0 Å². The summed E-state index contributed by atoms with van der Waals surface area (Å²) >= 11 is 0. The molecule has 2 N–H and O–H groups in total. The molecule has 2 nitrogen and oxygen atoms in total. The minimum atomic E-state index is 0.605. The molecular weight excluding hydrogens is 208 g/mol. The predicted octanol–water partition coefficient (Wildman–Crippen LogP) is 2.96. The highest BCUT2D eigenvalue weighted by atomic mass is 15.1. The van der Waals surface area contributed by atoms with Crippen molar-refractivity contribution >= 4 is 11.8 Å². The summed E-state index contributed by atoms with van der Waals surface area (Å²) in [6.07, 6.45) is 8.18. The Morgan fingerprint density at radius 2 is 2.00 bits per heavy atom. The predicted molar refractivity (Wildman–Crippen MR) is 75.3 cm³/mol. The van der Waals surface area contributed by atoms with E-state index in [1.54, 1.807) is 0 Å². The van der Waals surface area contributed by atoms with Gasteiger partial charge >= 0.3 is 0 Å². The van der Waals surface area contributed by atoms with Gasteiger partial charge in [-0.2, -0.15) is 0 Å². The summed E-state index contributed by atoms with van der Waals surface area (Å²) in [6.45, 7) is 5.12. The van der Waals surface area contributed by atoms with Gasteiger partial charge in [-0.1, -0.05) is 23.8 Å². The lowest BCUT2D eigenvalue weighted by Gasteiger charge is -2.30. The quantitative estimate of drug-likeness (QED) is 0.865. The molecule has 1 aromatic rings. The number of rotatable bonds is 3. The van der Waals surface area contributed by atoms with Crippen LogP contribution >= 0.6 is 0 Å². The highest BCUT2D eigenvalue weighted by molar-refractivity contribution is 5.68. The van der Waals surface area contributed by atoms with E-state index < -0.39 is 0 Å². The van der Waals surface area contributed by atoms with Gasteiger partial charge in [-0.25, -0.2) is 0 Å². The highest BCUT2D eigenvalue weighted by Crippen LogP contribution is 2.26. The van der Waals surface area contributed by atoms with Crippen molar-refractivity contribution in [3.63, 3.8) is 0 Å². The second-order valence-electron chi connectivity index (χ2n) is 4.75. The molecule has 1 aromatic carbocycles. The van der Waals surface area contributed by atoms with E-state index in [0.717, 1.165) is 0 Å². The van der Waals surface area contributed by atoms with Crippen molar-refractivity contribution < 1.29 is 0 Å². The van der Waals surface area contributed by atoms with E-state index in [0.29, 0.717) is 6.54 Å². The molecule has 1 saturated heterocycles. The Bertz CT molecular complexity index is 390. The van der Waals surface area contributed by atoms with Gasteiger partial charge in [0.25, 0.3) is 0 Å². The zero-order chi connectivity index (χ0) is 12.1. The van der Waals surface area contributed by atoms with E-state index in [9.17, 15) is 0 Å². The molecule has 92 valence electrons. The normalized spacial score (nSPS) is 16.7. The molecule has 0 saturated carbocycles. The molecule has 1 aliphatic rings. The molecule has 17 heavy (non-hydrogen) atoms. The number of nitrogens with zero attached hydrogens (tertiary/aromatic N) is 1. The summed E-state index contributed by atoms with van der Waals surface area (Å²) in [5.74, 6) is 0. The summed E-state index contributed by atoms with van der Waals surface area (Å²) in [6, 6.07) is 6.69. The number of aryl methyl sites for hydroxylation is 1. The SMILES string of the molecule is Cc1ccc(N2CCCCC2)c(/C=C/CN)c1. The van der Waals surface area contributed by atoms with Crippen LogP contribution < -0.4 is 10.6 Å². The van der Waals surface area contributed by atoms with Gasteiger partial charge in [0.05, 0.1) is 0 Å². The average molecular weight is 230 g/mol. The Morgan fingerprint density at radius 1 is 1.24 bits per heavy atom. The Morgan fingerprint density at radius 3 is 2.71 bits per heavy atom. The summed E-state index contributed by atoms with van der Waals surface area (Å²) in [5, 5.41) is 0. The van der Waals surface area contributed by atoms with Gasteiger partial charge in [0, 0.05) is 25.3 Å². The molecule has 2 heteroatoms. The van der Waals surface area contributed by atoms with Crippen LogP contribution in [-0.4, -0.2) is 19.6 Å². The Labute approximate surface area is 104 Å². The molecular formula is C15H22N2.